The zero-order valence-corrected chi connectivity index (χ0v) is 11.2. The Kier molecular flexibility index (Phi) is 5.64. The Morgan fingerprint density at radius 1 is 1.47 bits per heavy atom. The van der Waals surface area contributed by atoms with Gasteiger partial charge in [-0.15, -0.1) is 11.3 Å². The van der Waals surface area contributed by atoms with E-state index in [2.05, 4.69) is 18.8 Å². The summed E-state index contributed by atoms with van der Waals surface area (Å²) in [6, 6.07) is 0. The smallest absolute Gasteiger partial charge is 0.0954 e. The van der Waals surface area contributed by atoms with Crippen molar-refractivity contribution in [2.75, 3.05) is 11.5 Å². The van der Waals surface area contributed by atoms with E-state index in [4.69, 9.17) is 0 Å². The van der Waals surface area contributed by atoms with Gasteiger partial charge in [-0.2, -0.15) is 11.8 Å². The lowest BCUT2D eigenvalue weighted by molar-refractivity contribution is 0.200. The highest BCUT2D eigenvalue weighted by molar-refractivity contribution is 7.99. The Balaban J connectivity index is 2.21. The van der Waals surface area contributed by atoms with Crippen LogP contribution in [0.3, 0.4) is 0 Å². The fourth-order valence-electron chi connectivity index (χ4n) is 1.20. The number of aromatic nitrogens is 1. The Morgan fingerprint density at radius 3 is 2.73 bits per heavy atom. The van der Waals surface area contributed by atoms with E-state index in [1.165, 1.54) is 0 Å². The lowest BCUT2D eigenvalue weighted by Crippen LogP contribution is -2.14. The van der Waals surface area contributed by atoms with E-state index in [0.717, 1.165) is 22.2 Å². The minimum Gasteiger partial charge on any atom is -0.392 e. The number of hydrogen-bond donors (Lipinski definition) is 1. The third-order valence-corrected chi connectivity index (χ3v) is 4.35. The standard InChI is InChI=1S/C11H19NOS2/c1-8(2)5-14-7-10(13)4-11-12-9(3)6-15-11/h6,8,10,13H,4-5,7H2,1-3H3. The van der Waals surface area contributed by atoms with Crippen LogP contribution in [0.15, 0.2) is 5.38 Å². The molecule has 0 radical (unpaired) electrons. The molecule has 0 aliphatic rings. The van der Waals surface area contributed by atoms with Crippen LogP contribution in [0.1, 0.15) is 24.5 Å². The van der Waals surface area contributed by atoms with Crippen molar-refractivity contribution in [1.29, 1.82) is 0 Å². The van der Waals surface area contributed by atoms with Crippen LogP contribution in [-0.4, -0.2) is 27.7 Å². The molecule has 1 aromatic rings. The molecule has 15 heavy (non-hydrogen) atoms. The molecule has 0 saturated carbocycles. The van der Waals surface area contributed by atoms with Gasteiger partial charge in [0.05, 0.1) is 11.1 Å². The Labute approximate surface area is 100 Å². The van der Waals surface area contributed by atoms with Crippen LogP contribution in [-0.2, 0) is 6.42 Å². The van der Waals surface area contributed by atoms with Crippen LogP contribution in [0.25, 0.3) is 0 Å². The van der Waals surface area contributed by atoms with Gasteiger partial charge in [0.25, 0.3) is 0 Å². The molecule has 1 heterocycles. The van der Waals surface area contributed by atoms with Crippen molar-refractivity contribution in [1.82, 2.24) is 4.98 Å². The molecule has 1 unspecified atom stereocenters. The number of nitrogens with zero attached hydrogens (tertiary/aromatic N) is 1. The molecule has 0 aliphatic heterocycles. The molecule has 1 atom stereocenters. The lowest BCUT2D eigenvalue weighted by Gasteiger charge is -2.09. The molecule has 2 nitrogen and oxygen atoms in total. The van der Waals surface area contributed by atoms with Crippen molar-refractivity contribution in [2.45, 2.75) is 33.3 Å². The van der Waals surface area contributed by atoms with Crippen molar-refractivity contribution >= 4 is 23.1 Å². The van der Waals surface area contributed by atoms with Gasteiger partial charge >= 0.3 is 0 Å². The second kappa shape index (κ2) is 6.51. The highest BCUT2D eigenvalue weighted by atomic mass is 32.2. The summed E-state index contributed by atoms with van der Waals surface area (Å²) in [6.07, 6.45) is 0.447. The fourth-order valence-corrected chi connectivity index (χ4v) is 3.04. The first-order chi connectivity index (χ1) is 7.08. The summed E-state index contributed by atoms with van der Waals surface area (Å²) in [4.78, 5) is 4.34. The minimum atomic E-state index is -0.251. The van der Waals surface area contributed by atoms with E-state index < -0.39 is 0 Å². The van der Waals surface area contributed by atoms with Crippen molar-refractivity contribution < 1.29 is 5.11 Å². The van der Waals surface area contributed by atoms with Gasteiger partial charge in [-0.3, -0.25) is 0 Å². The number of aliphatic hydroxyl groups excluding tert-OH is 1. The fraction of sp³-hybridized carbons (Fsp3) is 0.727. The van der Waals surface area contributed by atoms with Crippen molar-refractivity contribution in [2.24, 2.45) is 5.92 Å². The molecule has 86 valence electrons. The number of aliphatic hydroxyl groups is 1. The molecule has 1 N–H and O–H groups in total. The average molecular weight is 245 g/mol. The van der Waals surface area contributed by atoms with Crippen molar-refractivity contribution in [3.05, 3.63) is 16.1 Å². The Hall–Kier alpha value is -0.0600. The maximum atomic E-state index is 9.77. The van der Waals surface area contributed by atoms with E-state index in [0.29, 0.717) is 12.3 Å². The van der Waals surface area contributed by atoms with E-state index >= 15 is 0 Å². The maximum absolute atomic E-state index is 9.77. The monoisotopic (exact) mass is 245 g/mol. The SMILES string of the molecule is Cc1csc(CC(O)CSCC(C)C)n1. The van der Waals surface area contributed by atoms with Gasteiger partial charge < -0.3 is 5.11 Å². The van der Waals surface area contributed by atoms with E-state index in [1.807, 2.05) is 24.1 Å². The van der Waals surface area contributed by atoms with Crippen LogP contribution in [0.2, 0.25) is 0 Å². The summed E-state index contributed by atoms with van der Waals surface area (Å²) >= 11 is 3.46. The number of rotatable bonds is 6. The molecule has 0 spiro atoms. The average Bonchev–Trinajstić information content (AvgIpc) is 2.50. The molecule has 0 amide bonds. The number of hydrogen-bond acceptors (Lipinski definition) is 4. The summed E-state index contributed by atoms with van der Waals surface area (Å²) in [6.45, 7) is 6.38. The maximum Gasteiger partial charge on any atom is 0.0954 e. The molecule has 0 aliphatic carbocycles. The number of thiazole rings is 1. The number of thioether (sulfide) groups is 1. The normalized spacial score (nSPS) is 13.4. The second-order valence-corrected chi connectivity index (χ2v) is 6.19. The molecule has 0 bridgehead atoms. The molecule has 0 aromatic carbocycles. The zero-order chi connectivity index (χ0) is 11.3. The van der Waals surface area contributed by atoms with Gasteiger partial charge in [0.2, 0.25) is 0 Å². The van der Waals surface area contributed by atoms with Crippen LogP contribution in [0, 0.1) is 12.8 Å². The van der Waals surface area contributed by atoms with Gasteiger partial charge in [0, 0.05) is 23.2 Å². The second-order valence-electron chi connectivity index (χ2n) is 4.17. The minimum absolute atomic E-state index is 0.251. The first-order valence-electron chi connectivity index (χ1n) is 5.24. The highest BCUT2D eigenvalue weighted by Crippen LogP contribution is 2.14. The van der Waals surface area contributed by atoms with Crippen LogP contribution >= 0.6 is 23.1 Å². The molecule has 1 rings (SSSR count). The molecule has 4 heteroatoms. The zero-order valence-electron chi connectivity index (χ0n) is 9.56. The first kappa shape index (κ1) is 13.0. The predicted octanol–water partition coefficient (Wildman–Crippen LogP) is 2.74. The molecular weight excluding hydrogens is 226 g/mol. The van der Waals surface area contributed by atoms with Crippen LogP contribution in [0.4, 0.5) is 0 Å². The van der Waals surface area contributed by atoms with Crippen molar-refractivity contribution in [3.8, 4) is 0 Å². The molecule has 0 saturated heterocycles. The first-order valence-corrected chi connectivity index (χ1v) is 7.28. The highest BCUT2D eigenvalue weighted by Gasteiger charge is 2.08. The van der Waals surface area contributed by atoms with Crippen LogP contribution < -0.4 is 0 Å². The summed E-state index contributed by atoms with van der Waals surface area (Å²) in [7, 11) is 0. The third-order valence-electron chi connectivity index (χ3n) is 1.84. The Bertz CT molecular complexity index is 286. The topological polar surface area (TPSA) is 33.1 Å². The van der Waals surface area contributed by atoms with Crippen molar-refractivity contribution in [3.63, 3.8) is 0 Å². The largest absolute Gasteiger partial charge is 0.392 e. The Morgan fingerprint density at radius 2 is 2.20 bits per heavy atom. The van der Waals surface area contributed by atoms with Gasteiger partial charge in [0.15, 0.2) is 0 Å². The van der Waals surface area contributed by atoms with Gasteiger partial charge in [0.1, 0.15) is 0 Å². The molecule has 0 fully saturated rings. The molecular formula is C11H19NOS2. The third kappa shape index (κ3) is 5.54. The lowest BCUT2D eigenvalue weighted by atomic mass is 10.3. The summed E-state index contributed by atoms with van der Waals surface area (Å²) < 4.78 is 0. The summed E-state index contributed by atoms with van der Waals surface area (Å²) in [5.41, 5.74) is 1.05. The van der Waals surface area contributed by atoms with Gasteiger partial charge in [-0.1, -0.05) is 13.8 Å². The summed E-state index contributed by atoms with van der Waals surface area (Å²) in [5, 5.41) is 12.8. The number of aryl methyl sites for hydroxylation is 1. The summed E-state index contributed by atoms with van der Waals surface area (Å²) in [5.74, 6) is 2.63. The van der Waals surface area contributed by atoms with E-state index in [9.17, 15) is 5.11 Å². The molecule has 1 aromatic heterocycles. The van der Waals surface area contributed by atoms with Gasteiger partial charge in [-0.05, 0) is 18.6 Å². The van der Waals surface area contributed by atoms with Crippen LogP contribution in [0.5, 0.6) is 0 Å². The quantitative estimate of drug-likeness (QED) is 0.836. The van der Waals surface area contributed by atoms with E-state index in [-0.39, 0.29) is 6.10 Å². The predicted molar refractivity (Wildman–Crippen MR) is 68.7 cm³/mol. The van der Waals surface area contributed by atoms with Gasteiger partial charge in [-0.25, -0.2) is 4.98 Å². The van der Waals surface area contributed by atoms with E-state index in [1.54, 1.807) is 11.3 Å².